The second-order valence-corrected chi connectivity index (χ2v) is 5.78. The molecule has 0 aliphatic rings. The Labute approximate surface area is 87.7 Å². The lowest BCUT2D eigenvalue weighted by Gasteiger charge is -2.20. The molecule has 1 N–H and O–H groups in total. The average Bonchev–Trinajstić information content (AvgIpc) is 2.11. The van der Waals surface area contributed by atoms with Crippen LogP contribution in [0.4, 0.5) is 0 Å². The van der Waals surface area contributed by atoms with E-state index in [2.05, 4.69) is 5.32 Å². The Morgan fingerprint density at radius 2 is 1.93 bits per heavy atom. The zero-order chi connectivity index (χ0) is 11.2. The third-order valence-corrected chi connectivity index (χ3v) is 4.28. The molecule has 0 aromatic rings. The fourth-order valence-corrected chi connectivity index (χ4v) is 2.46. The molecule has 86 valence electrons. The zero-order valence-corrected chi connectivity index (χ0v) is 10.4. The Kier molecular flexibility index (Phi) is 6.31. The lowest BCUT2D eigenvalue weighted by atomic mass is 10.4. The maximum Gasteiger partial charge on any atom is 0.214 e. The van der Waals surface area contributed by atoms with Crippen molar-refractivity contribution in [2.45, 2.75) is 33.2 Å². The highest BCUT2D eigenvalue weighted by atomic mass is 32.2. The largest absolute Gasteiger partial charge is 0.317 e. The Morgan fingerprint density at radius 1 is 1.36 bits per heavy atom. The molecule has 0 radical (unpaired) electrons. The van der Waals surface area contributed by atoms with Crippen molar-refractivity contribution in [2.24, 2.45) is 0 Å². The van der Waals surface area contributed by atoms with Crippen LogP contribution in [0.3, 0.4) is 0 Å². The van der Waals surface area contributed by atoms with Gasteiger partial charge in [0, 0.05) is 13.1 Å². The molecule has 0 bridgehead atoms. The van der Waals surface area contributed by atoms with Crippen LogP contribution in [-0.2, 0) is 10.0 Å². The maximum absolute atomic E-state index is 11.6. The van der Waals surface area contributed by atoms with Gasteiger partial charge in [-0.05, 0) is 33.4 Å². The molecular formula is C9H22N2O2S. The van der Waals surface area contributed by atoms with Gasteiger partial charge in [-0.1, -0.05) is 6.92 Å². The predicted molar refractivity (Wildman–Crippen MR) is 59.8 cm³/mol. The van der Waals surface area contributed by atoms with Gasteiger partial charge in [0.2, 0.25) is 10.0 Å². The molecule has 5 heteroatoms. The van der Waals surface area contributed by atoms with E-state index >= 15 is 0 Å². The molecule has 0 atom stereocenters. The van der Waals surface area contributed by atoms with Gasteiger partial charge in [0.1, 0.15) is 0 Å². The van der Waals surface area contributed by atoms with E-state index < -0.39 is 10.0 Å². The standard InChI is InChI=1S/C9H22N2O2S/c1-5-10-7-6-8-14(12,13)11(4)9(2)3/h9-10H,5-8H2,1-4H3. The molecule has 0 spiro atoms. The summed E-state index contributed by atoms with van der Waals surface area (Å²) in [6, 6.07) is 0.0409. The molecule has 0 aromatic carbocycles. The minimum atomic E-state index is -3.05. The van der Waals surface area contributed by atoms with Crippen molar-refractivity contribution in [3.63, 3.8) is 0 Å². The molecule has 0 rings (SSSR count). The van der Waals surface area contributed by atoms with Crippen LogP contribution in [0.15, 0.2) is 0 Å². The Bertz CT molecular complexity index is 237. The van der Waals surface area contributed by atoms with Gasteiger partial charge in [-0.3, -0.25) is 0 Å². The highest BCUT2D eigenvalue weighted by Crippen LogP contribution is 2.04. The summed E-state index contributed by atoms with van der Waals surface area (Å²) in [4.78, 5) is 0. The summed E-state index contributed by atoms with van der Waals surface area (Å²) in [5.74, 6) is 0.231. The number of hydrogen-bond acceptors (Lipinski definition) is 3. The van der Waals surface area contributed by atoms with E-state index in [-0.39, 0.29) is 11.8 Å². The summed E-state index contributed by atoms with van der Waals surface area (Å²) in [5.41, 5.74) is 0. The number of nitrogens with zero attached hydrogens (tertiary/aromatic N) is 1. The fourth-order valence-electron chi connectivity index (χ4n) is 1.02. The molecular weight excluding hydrogens is 200 g/mol. The zero-order valence-electron chi connectivity index (χ0n) is 9.58. The quantitative estimate of drug-likeness (QED) is 0.644. The Hall–Kier alpha value is -0.130. The summed E-state index contributed by atoms with van der Waals surface area (Å²) >= 11 is 0. The first-order chi connectivity index (χ1) is 6.41. The van der Waals surface area contributed by atoms with Crippen molar-refractivity contribution in [2.75, 3.05) is 25.9 Å². The minimum Gasteiger partial charge on any atom is -0.317 e. The van der Waals surface area contributed by atoms with E-state index in [0.717, 1.165) is 13.1 Å². The maximum atomic E-state index is 11.6. The van der Waals surface area contributed by atoms with E-state index in [1.54, 1.807) is 7.05 Å². The molecule has 0 saturated carbocycles. The molecule has 0 aliphatic carbocycles. The number of rotatable bonds is 7. The normalized spacial score (nSPS) is 12.7. The third kappa shape index (κ3) is 4.93. The molecule has 0 amide bonds. The number of sulfonamides is 1. The lowest BCUT2D eigenvalue weighted by Crippen LogP contribution is -2.35. The molecule has 14 heavy (non-hydrogen) atoms. The number of hydrogen-bond donors (Lipinski definition) is 1. The van der Waals surface area contributed by atoms with Crippen LogP contribution in [0.1, 0.15) is 27.2 Å². The Morgan fingerprint density at radius 3 is 2.36 bits per heavy atom. The van der Waals surface area contributed by atoms with Gasteiger partial charge < -0.3 is 5.32 Å². The van der Waals surface area contributed by atoms with E-state index in [0.29, 0.717) is 6.42 Å². The fraction of sp³-hybridized carbons (Fsp3) is 1.00. The van der Waals surface area contributed by atoms with Crippen molar-refractivity contribution in [3.8, 4) is 0 Å². The van der Waals surface area contributed by atoms with Crippen LogP contribution < -0.4 is 5.32 Å². The molecule has 0 aromatic heterocycles. The van der Waals surface area contributed by atoms with Crippen molar-refractivity contribution in [1.29, 1.82) is 0 Å². The monoisotopic (exact) mass is 222 g/mol. The van der Waals surface area contributed by atoms with Crippen LogP contribution in [0.25, 0.3) is 0 Å². The first-order valence-electron chi connectivity index (χ1n) is 5.08. The average molecular weight is 222 g/mol. The van der Waals surface area contributed by atoms with Gasteiger partial charge in [0.15, 0.2) is 0 Å². The van der Waals surface area contributed by atoms with Crippen LogP contribution in [-0.4, -0.2) is 44.7 Å². The Balaban J connectivity index is 3.96. The topological polar surface area (TPSA) is 49.4 Å². The SMILES string of the molecule is CCNCCCS(=O)(=O)N(C)C(C)C. The van der Waals surface area contributed by atoms with Crippen LogP contribution >= 0.6 is 0 Å². The molecule has 0 heterocycles. The third-order valence-electron chi connectivity index (χ3n) is 2.17. The first kappa shape index (κ1) is 13.9. The van der Waals surface area contributed by atoms with Crippen LogP contribution in [0.2, 0.25) is 0 Å². The van der Waals surface area contributed by atoms with Gasteiger partial charge in [-0.2, -0.15) is 0 Å². The van der Waals surface area contributed by atoms with E-state index in [9.17, 15) is 8.42 Å². The smallest absolute Gasteiger partial charge is 0.214 e. The van der Waals surface area contributed by atoms with E-state index in [1.165, 1.54) is 4.31 Å². The summed E-state index contributed by atoms with van der Waals surface area (Å²) in [7, 11) is -1.41. The van der Waals surface area contributed by atoms with Gasteiger partial charge >= 0.3 is 0 Å². The summed E-state index contributed by atoms with van der Waals surface area (Å²) < 4.78 is 24.7. The van der Waals surface area contributed by atoms with Gasteiger partial charge in [0.05, 0.1) is 5.75 Å². The molecule has 4 nitrogen and oxygen atoms in total. The second kappa shape index (κ2) is 6.37. The molecule has 0 fully saturated rings. The summed E-state index contributed by atoms with van der Waals surface area (Å²) in [6.07, 6.45) is 0.674. The highest BCUT2D eigenvalue weighted by molar-refractivity contribution is 7.89. The highest BCUT2D eigenvalue weighted by Gasteiger charge is 2.19. The second-order valence-electron chi connectivity index (χ2n) is 3.63. The van der Waals surface area contributed by atoms with Gasteiger partial charge in [-0.25, -0.2) is 12.7 Å². The van der Waals surface area contributed by atoms with E-state index in [4.69, 9.17) is 0 Å². The minimum absolute atomic E-state index is 0.0409. The number of nitrogens with one attached hydrogen (secondary N) is 1. The van der Waals surface area contributed by atoms with Crippen molar-refractivity contribution >= 4 is 10.0 Å². The van der Waals surface area contributed by atoms with Crippen molar-refractivity contribution < 1.29 is 8.42 Å². The van der Waals surface area contributed by atoms with Crippen LogP contribution in [0, 0.1) is 0 Å². The van der Waals surface area contributed by atoms with Crippen LogP contribution in [0.5, 0.6) is 0 Å². The molecule has 0 saturated heterocycles. The first-order valence-corrected chi connectivity index (χ1v) is 6.69. The molecule has 0 unspecified atom stereocenters. The predicted octanol–water partition coefficient (Wildman–Crippen LogP) is 0.656. The molecule has 0 aliphatic heterocycles. The van der Waals surface area contributed by atoms with E-state index in [1.807, 2.05) is 20.8 Å². The summed E-state index contributed by atoms with van der Waals surface area (Å²) in [6.45, 7) is 7.42. The summed E-state index contributed by atoms with van der Waals surface area (Å²) in [5, 5.41) is 3.11. The van der Waals surface area contributed by atoms with Crippen molar-refractivity contribution in [3.05, 3.63) is 0 Å². The van der Waals surface area contributed by atoms with Gasteiger partial charge in [0.25, 0.3) is 0 Å². The lowest BCUT2D eigenvalue weighted by molar-refractivity contribution is 0.409. The van der Waals surface area contributed by atoms with Crippen molar-refractivity contribution in [1.82, 2.24) is 9.62 Å². The van der Waals surface area contributed by atoms with Gasteiger partial charge in [-0.15, -0.1) is 0 Å².